The highest BCUT2D eigenvalue weighted by Crippen LogP contribution is 2.34. The largest absolute Gasteiger partial charge is 0.399 e. The number of anilines is 1. The van der Waals surface area contributed by atoms with Gasteiger partial charge in [-0.3, -0.25) is 38.5 Å². The monoisotopic (exact) mass is 1040 g/mol. The number of carbonyl (C=O) groups excluding carboxylic acids is 7. The SMILES string of the molecule is C#CC[C@H](NC(=O)[C@H](C)NC)C(=O)N1CC(NC(=O)c2cc(N)cc(C(=O)NC3C[C@@H](C(=O)N[C@@H]4CCCc5ccccc54)N(C(O)[C@@H](NC(=O)[C@H](C)NC)C(C)(C)C)C3)c2)C[C@H]1C(=O)N[C@@H]1CCCc2ccccc21. The number of likely N-dealkylation sites (N-methyl/N-ethyl adjacent to an activating group) is 2. The number of nitrogens with one attached hydrogen (secondary N) is 8. The molecule has 3 unspecified atom stereocenters. The summed E-state index contributed by atoms with van der Waals surface area (Å²) in [6, 6.07) is 13.1. The molecule has 0 aromatic heterocycles. The molecular weight excluding hydrogens is 967 g/mol. The van der Waals surface area contributed by atoms with Gasteiger partial charge in [0.1, 0.15) is 18.3 Å². The first-order chi connectivity index (χ1) is 36.2. The van der Waals surface area contributed by atoms with E-state index in [9.17, 15) is 38.7 Å². The number of amides is 7. The molecule has 0 spiro atoms. The Hall–Kier alpha value is -6.85. The van der Waals surface area contributed by atoms with Crippen LogP contribution in [0, 0.1) is 17.8 Å². The van der Waals surface area contributed by atoms with E-state index in [1.54, 1.807) is 32.8 Å². The van der Waals surface area contributed by atoms with E-state index in [-0.39, 0.29) is 73.1 Å². The fourth-order valence-corrected chi connectivity index (χ4v) is 11.0. The Morgan fingerprint density at radius 2 is 1.20 bits per heavy atom. The van der Waals surface area contributed by atoms with Crippen LogP contribution in [0.5, 0.6) is 0 Å². The van der Waals surface area contributed by atoms with Gasteiger partial charge < -0.3 is 58.3 Å². The summed E-state index contributed by atoms with van der Waals surface area (Å²) in [6.45, 7) is 8.98. The van der Waals surface area contributed by atoms with Crippen LogP contribution in [-0.4, -0.2) is 138 Å². The number of hydrogen-bond donors (Lipinski definition) is 10. The third-order valence-electron chi connectivity index (χ3n) is 15.5. The number of aryl methyl sites for hydroxylation is 2. The molecule has 11 N–H and O–H groups in total. The van der Waals surface area contributed by atoms with E-state index in [0.29, 0.717) is 6.42 Å². The van der Waals surface area contributed by atoms with Crippen LogP contribution in [0.2, 0.25) is 0 Å². The summed E-state index contributed by atoms with van der Waals surface area (Å²) in [7, 11) is 3.28. The molecule has 0 radical (unpaired) electrons. The number of nitrogen functional groups attached to an aromatic ring is 1. The van der Waals surface area contributed by atoms with Gasteiger partial charge in [-0.2, -0.15) is 0 Å². The Labute approximate surface area is 446 Å². The maximum atomic E-state index is 14.5. The predicted octanol–water partition coefficient (Wildman–Crippen LogP) is 2.10. The van der Waals surface area contributed by atoms with E-state index in [2.05, 4.69) is 54.5 Å². The standard InChI is InChI=1S/C57H77N11O8/c1-9-16-45(65-49(69)32(2)59-7)55(75)67-30-39(28-46(67)53(73)63-43-23-14-19-34-17-10-12-21-41(34)43)61-51(71)36-25-37(27-38(58)26-36)52(72)62-40-29-47(54(74)64-44-24-15-20-35-18-11-13-22-42(35)44)68(31-40)56(76)48(57(4,5)6)66-50(70)33(3)60-8/h1,10-13,17-18,21-22,25-27,32-33,39-40,43-48,56,59-60,76H,14-16,19-20,23-24,28-31,58H2,2-8H3,(H,61,71)(H,62,72)(H,63,73)(H,64,74)(H,65,69)(H,66,70)/t32-,33-,39?,40?,43+,44+,45-,46-,47-,48+,56?/m0/s1. The summed E-state index contributed by atoms with van der Waals surface area (Å²) in [4.78, 5) is 101. The Kier molecular flexibility index (Phi) is 18.6. The van der Waals surface area contributed by atoms with Crippen LogP contribution in [0.1, 0.15) is 135 Å². The number of terminal acetylenes is 1. The molecule has 2 saturated heterocycles. The molecule has 0 saturated carbocycles. The highest BCUT2D eigenvalue weighted by molar-refractivity contribution is 6.01. The lowest BCUT2D eigenvalue weighted by molar-refractivity contribution is -0.141. The number of fused-ring (bicyclic) bond motifs is 2. The minimum absolute atomic E-state index is 0.0390. The maximum absolute atomic E-state index is 14.5. The van der Waals surface area contributed by atoms with Crippen molar-refractivity contribution in [3.63, 3.8) is 0 Å². The zero-order valence-electron chi connectivity index (χ0n) is 44.8. The van der Waals surface area contributed by atoms with Crippen LogP contribution in [-0.2, 0) is 36.8 Å². The number of nitrogens with zero attached hydrogens (tertiary/aromatic N) is 2. The normalized spacial score (nSPS) is 23.2. The molecular formula is C57H77N11O8. The van der Waals surface area contributed by atoms with Gasteiger partial charge in [-0.05, 0) is 125 Å². The molecule has 2 fully saturated rings. The molecule has 2 heterocycles. The van der Waals surface area contributed by atoms with Crippen molar-refractivity contribution in [1.82, 2.24) is 52.3 Å². The first kappa shape index (κ1) is 56.9. The topological polar surface area (TPSA) is 268 Å². The molecule has 19 nitrogen and oxygen atoms in total. The van der Waals surface area contributed by atoms with Gasteiger partial charge in [0.2, 0.25) is 29.5 Å². The Bertz CT molecular complexity index is 2680. The van der Waals surface area contributed by atoms with E-state index in [1.165, 1.54) is 23.1 Å². The molecule has 3 aromatic carbocycles. The second kappa shape index (κ2) is 24.9. The van der Waals surface area contributed by atoms with E-state index < -0.39 is 89.5 Å². The van der Waals surface area contributed by atoms with Crippen molar-refractivity contribution in [2.24, 2.45) is 5.41 Å². The van der Waals surface area contributed by atoms with Gasteiger partial charge in [-0.15, -0.1) is 12.3 Å². The fourth-order valence-electron chi connectivity index (χ4n) is 11.0. The zero-order chi connectivity index (χ0) is 55.0. The maximum Gasteiger partial charge on any atom is 0.251 e. The minimum Gasteiger partial charge on any atom is -0.399 e. The summed E-state index contributed by atoms with van der Waals surface area (Å²) in [5.41, 5.74) is 10.3. The van der Waals surface area contributed by atoms with Crippen molar-refractivity contribution in [3.05, 3.63) is 100 Å². The number of aliphatic hydroxyl groups is 1. The second-order valence-electron chi connectivity index (χ2n) is 21.9. The molecule has 0 bridgehead atoms. The second-order valence-corrected chi connectivity index (χ2v) is 21.9. The predicted molar refractivity (Wildman–Crippen MR) is 289 cm³/mol. The molecule has 408 valence electrons. The number of nitrogens with two attached hydrogens (primary N) is 1. The summed E-state index contributed by atoms with van der Waals surface area (Å²) in [5, 5.41) is 36.1. The number of hydrogen-bond acceptors (Lipinski definition) is 12. The molecule has 4 aliphatic rings. The lowest BCUT2D eigenvalue weighted by atomic mass is 9.84. The van der Waals surface area contributed by atoms with Crippen molar-refractivity contribution in [3.8, 4) is 12.3 Å². The van der Waals surface area contributed by atoms with Crippen molar-refractivity contribution in [1.29, 1.82) is 0 Å². The van der Waals surface area contributed by atoms with Crippen LogP contribution < -0.4 is 48.3 Å². The van der Waals surface area contributed by atoms with E-state index in [0.717, 1.165) is 54.4 Å². The fraction of sp³-hybridized carbons (Fsp3) is 0.526. The Morgan fingerprint density at radius 1 is 0.711 bits per heavy atom. The molecule has 3 aromatic rings. The zero-order valence-corrected chi connectivity index (χ0v) is 44.8. The number of benzene rings is 3. The molecule has 7 amide bonds. The van der Waals surface area contributed by atoms with E-state index >= 15 is 0 Å². The van der Waals surface area contributed by atoms with Crippen LogP contribution >= 0.6 is 0 Å². The van der Waals surface area contributed by atoms with Crippen LogP contribution in [0.15, 0.2) is 66.7 Å². The first-order valence-corrected chi connectivity index (χ1v) is 26.6. The lowest BCUT2D eigenvalue weighted by Gasteiger charge is -2.41. The van der Waals surface area contributed by atoms with Crippen LogP contribution in [0.3, 0.4) is 0 Å². The summed E-state index contributed by atoms with van der Waals surface area (Å²) in [5.74, 6) is -0.819. The highest BCUT2D eigenvalue weighted by Gasteiger charge is 2.47. The Morgan fingerprint density at radius 3 is 1.71 bits per heavy atom. The third kappa shape index (κ3) is 13.4. The number of rotatable bonds is 18. The van der Waals surface area contributed by atoms with Gasteiger partial charge in [-0.1, -0.05) is 69.3 Å². The van der Waals surface area contributed by atoms with Crippen LogP contribution in [0.25, 0.3) is 0 Å². The third-order valence-corrected chi connectivity index (χ3v) is 15.5. The molecule has 7 rings (SSSR count). The summed E-state index contributed by atoms with van der Waals surface area (Å²) >= 11 is 0. The lowest BCUT2D eigenvalue weighted by Crippen LogP contribution is -2.62. The van der Waals surface area contributed by atoms with E-state index in [1.807, 2.05) is 63.2 Å². The first-order valence-electron chi connectivity index (χ1n) is 26.6. The van der Waals surface area contributed by atoms with Gasteiger partial charge in [0.05, 0.1) is 36.3 Å². The highest BCUT2D eigenvalue weighted by atomic mass is 16.3. The van der Waals surface area contributed by atoms with Gasteiger partial charge in [0, 0.05) is 48.4 Å². The van der Waals surface area contributed by atoms with Crippen molar-refractivity contribution in [2.45, 2.75) is 159 Å². The van der Waals surface area contributed by atoms with Crippen molar-refractivity contribution >= 4 is 47.0 Å². The minimum atomic E-state index is -1.34. The van der Waals surface area contributed by atoms with Gasteiger partial charge in [-0.25, -0.2) is 0 Å². The number of carbonyl (C=O) groups is 7. The molecule has 76 heavy (non-hydrogen) atoms. The molecule has 19 heteroatoms. The van der Waals surface area contributed by atoms with Gasteiger partial charge in [0.15, 0.2) is 0 Å². The van der Waals surface area contributed by atoms with Crippen LogP contribution in [0.4, 0.5) is 5.69 Å². The average Bonchev–Trinajstić information content (AvgIpc) is 4.04. The smallest absolute Gasteiger partial charge is 0.251 e. The van der Waals surface area contributed by atoms with Gasteiger partial charge >= 0.3 is 0 Å². The molecule has 11 atom stereocenters. The Balaban J connectivity index is 1.09. The van der Waals surface area contributed by atoms with Crippen molar-refractivity contribution in [2.75, 3.05) is 32.9 Å². The van der Waals surface area contributed by atoms with Crippen molar-refractivity contribution < 1.29 is 38.7 Å². The average molecular weight is 1040 g/mol. The molecule has 2 aliphatic heterocycles. The van der Waals surface area contributed by atoms with Gasteiger partial charge in [0.25, 0.3) is 11.8 Å². The van der Waals surface area contributed by atoms with E-state index in [4.69, 9.17) is 12.2 Å². The number of aliphatic hydroxyl groups excluding tert-OH is 1. The number of likely N-dealkylation sites (tertiary alicyclic amines) is 2. The summed E-state index contributed by atoms with van der Waals surface area (Å²) in [6.07, 6.45) is 9.34. The molecule has 2 aliphatic carbocycles. The quantitative estimate of drug-likeness (QED) is 0.0649. The summed E-state index contributed by atoms with van der Waals surface area (Å²) < 4.78 is 0.